The average Bonchev–Trinajstić information content (AvgIpc) is 3.22. The summed E-state index contributed by atoms with van der Waals surface area (Å²) < 4.78 is 17.4. The van der Waals surface area contributed by atoms with E-state index in [1.54, 1.807) is 7.11 Å². The van der Waals surface area contributed by atoms with Gasteiger partial charge in [-0.3, -0.25) is 4.79 Å². The first-order valence-electron chi connectivity index (χ1n) is 11.9. The molecule has 2 heterocycles. The number of amides is 1. The lowest BCUT2D eigenvalue weighted by atomic mass is 10.1. The fraction of sp³-hybridized carbons (Fsp3) is 0.286. The van der Waals surface area contributed by atoms with E-state index >= 15 is 0 Å². The Morgan fingerprint density at radius 2 is 1.80 bits per heavy atom. The number of hydrogen-bond acceptors (Lipinski definition) is 6. The molecule has 3 aromatic carbocycles. The minimum Gasteiger partial charge on any atom is -0.497 e. The average molecular weight is 472 g/mol. The van der Waals surface area contributed by atoms with Crippen LogP contribution in [0.5, 0.6) is 23.0 Å². The van der Waals surface area contributed by atoms with Gasteiger partial charge in [-0.25, -0.2) is 4.99 Å². The van der Waals surface area contributed by atoms with E-state index in [2.05, 4.69) is 4.90 Å². The van der Waals surface area contributed by atoms with Crippen LogP contribution in [0.3, 0.4) is 0 Å². The van der Waals surface area contributed by atoms with Crippen molar-refractivity contribution < 1.29 is 19.0 Å². The molecule has 1 saturated heterocycles. The Morgan fingerprint density at radius 3 is 2.63 bits per heavy atom. The Kier molecular flexibility index (Phi) is 6.57. The van der Waals surface area contributed by atoms with Crippen LogP contribution in [0.15, 0.2) is 71.7 Å². The van der Waals surface area contributed by atoms with Gasteiger partial charge in [0.05, 0.1) is 12.7 Å². The molecule has 3 aromatic rings. The highest BCUT2D eigenvalue weighted by Crippen LogP contribution is 2.40. The van der Waals surface area contributed by atoms with Crippen molar-refractivity contribution in [2.75, 3.05) is 39.9 Å². The molecule has 2 aliphatic heterocycles. The van der Waals surface area contributed by atoms with Crippen LogP contribution >= 0.6 is 0 Å². The number of carbonyl (C=O) groups is 1. The number of hydrogen-bond donors (Lipinski definition) is 0. The molecule has 0 radical (unpaired) electrons. The first kappa shape index (κ1) is 22.8. The summed E-state index contributed by atoms with van der Waals surface area (Å²) >= 11 is 0. The molecule has 2 aliphatic rings. The lowest BCUT2D eigenvalue weighted by molar-refractivity contribution is -0.133. The van der Waals surface area contributed by atoms with Gasteiger partial charge in [-0.1, -0.05) is 24.3 Å². The molecule has 5 rings (SSSR count). The summed E-state index contributed by atoms with van der Waals surface area (Å²) in [6, 6.07) is 21.3. The Hall–Kier alpha value is -4.00. The van der Waals surface area contributed by atoms with Crippen molar-refractivity contribution in [3.05, 3.63) is 77.9 Å². The number of carbonyl (C=O) groups excluding carboxylic acids is 1. The van der Waals surface area contributed by atoms with Crippen molar-refractivity contribution in [2.24, 2.45) is 4.99 Å². The normalized spacial score (nSPS) is 15.1. The Balaban J connectivity index is 1.36. The number of nitrogens with zero attached hydrogens (tertiary/aromatic N) is 3. The standard InChI is InChI=1S/C28H29N3O4/c1-20-9-12-24-26(17-20)35-25-18-22(33-2)10-11-23(25)28(29-24)31-14-6-13-30(15-16-31)27(32)19-34-21-7-4-3-5-8-21/h3-5,7-12,17-18H,6,13-16,19H2,1-2H3. The van der Waals surface area contributed by atoms with Crippen LogP contribution < -0.4 is 14.2 Å². The van der Waals surface area contributed by atoms with Gasteiger partial charge in [-0.05, 0) is 55.3 Å². The van der Waals surface area contributed by atoms with E-state index < -0.39 is 0 Å². The second kappa shape index (κ2) is 10.1. The summed E-state index contributed by atoms with van der Waals surface area (Å²) in [5.74, 6) is 3.70. The minimum absolute atomic E-state index is 0.00667. The van der Waals surface area contributed by atoms with Gasteiger partial charge in [0.15, 0.2) is 12.4 Å². The predicted octanol–water partition coefficient (Wildman–Crippen LogP) is 4.80. The highest BCUT2D eigenvalue weighted by Gasteiger charge is 2.26. The third kappa shape index (κ3) is 5.09. The molecule has 0 atom stereocenters. The van der Waals surface area contributed by atoms with Crippen molar-refractivity contribution >= 4 is 17.4 Å². The molecule has 0 bridgehead atoms. The predicted molar refractivity (Wildman–Crippen MR) is 135 cm³/mol. The van der Waals surface area contributed by atoms with Crippen molar-refractivity contribution in [1.82, 2.24) is 9.80 Å². The number of methoxy groups -OCH3 is 1. The van der Waals surface area contributed by atoms with Crippen molar-refractivity contribution in [3.8, 4) is 23.0 Å². The molecule has 0 N–H and O–H groups in total. The quantitative estimate of drug-likeness (QED) is 0.547. The van der Waals surface area contributed by atoms with E-state index in [0.29, 0.717) is 31.1 Å². The van der Waals surface area contributed by atoms with Gasteiger partial charge >= 0.3 is 0 Å². The van der Waals surface area contributed by atoms with Gasteiger partial charge < -0.3 is 24.0 Å². The second-order valence-electron chi connectivity index (χ2n) is 8.69. The van der Waals surface area contributed by atoms with E-state index in [9.17, 15) is 4.79 Å². The lowest BCUT2D eigenvalue weighted by Gasteiger charge is -2.25. The molecular weight excluding hydrogens is 442 g/mol. The summed E-state index contributed by atoms with van der Waals surface area (Å²) in [5, 5.41) is 0. The first-order valence-corrected chi connectivity index (χ1v) is 11.9. The van der Waals surface area contributed by atoms with Gasteiger partial charge in [0, 0.05) is 32.2 Å². The second-order valence-corrected chi connectivity index (χ2v) is 8.69. The zero-order valence-corrected chi connectivity index (χ0v) is 20.1. The maximum Gasteiger partial charge on any atom is 0.260 e. The summed E-state index contributed by atoms with van der Waals surface area (Å²) in [5.41, 5.74) is 2.80. The van der Waals surface area contributed by atoms with Crippen LogP contribution in [0.25, 0.3) is 0 Å². The fourth-order valence-electron chi connectivity index (χ4n) is 4.36. The van der Waals surface area contributed by atoms with Crippen LogP contribution in [0, 0.1) is 6.92 Å². The minimum atomic E-state index is -0.00667. The van der Waals surface area contributed by atoms with Crippen LogP contribution in [0.4, 0.5) is 5.69 Å². The maximum atomic E-state index is 12.8. The zero-order valence-electron chi connectivity index (χ0n) is 20.1. The Morgan fingerprint density at radius 1 is 0.943 bits per heavy atom. The largest absolute Gasteiger partial charge is 0.497 e. The number of para-hydroxylation sites is 1. The van der Waals surface area contributed by atoms with Crippen LogP contribution in [0.1, 0.15) is 17.5 Å². The number of ether oxygens (including phenoxy) is 3. The van der Waals surface area contributed by atoms with Gasteiger partial charge in [0.25, 0.3) is 5.91 Å². The Bertz CT molecular complexity index is 1240. The molecule has 7 nitrogen and oxygen atoms in total. The lowest BCUT2D eigenvalue weighted by Crippen LogP contribution is -2.39. The highest BCUT2D eigenvalue weighted by molar-refractivity contribution is 6.04. The van der Waals surface area contributed by atoms with Crippen molar-refractivity contribution in [3.63, 3.8) is 0 Å². The SMILES string of the molecule is COc1ccc2c(c1)Oc1cc(C)ccc1N=C2N1CCCN(C(=O)COc2ccccc2)CC1. The van der Waals surface area contributed by atoms with Crippen LogP contribution in [-0.4, -0.2) is 61.4 Å². The summed E-state index contributed by atoms with van der Waals surface area (Å²) in [7, 11) is 1.65. The smallest absolute Gasteiger partial charge is 0.260 e. The van der Waals surface area contributed by atoms with Gasteiger partial charge in [0.1, 0.15) is 28.8 Å². The number of aliphatic imine (C=N–C) groups is 1. The topological polar surface area (TPSA) is 63.6 Å². The van der Waals surface area contributed by atoms with Crippen LogP contribution in [-0.2, 0) is 4.79 Å². The van der Waals surface area contributed by atoms with Gasteiger partial charge in [-0.15, -0.1) is 0 Å². The van der Waals surface area contributed by atoms with E-state index in [0.717, 1.165) is 47.1 Å². The van der Waals surface area contributed by atoms with E-state index in [1.165, 1.54) is 0 Å². The number of benzene rings is 3. The monoisotopic (exact) mass is 471 g/mol. The molecule has 0 aromatic heterocycles. The van der Waals surface area contributed by atoms with Crippen LogP contribution in [0.2, 0.25) is 0 Å². The van der Waals surface area contributed by atoms with Gasteiger partial charge in [0.2, 0.25) is 0 Å². The van der Waals surface area contributed by atoms with E-state index in [1.807, 2.05) is 78.6 Å². The molecule has 7 heteroatoms. The first-order chi connectivity index (χ1) is 17.1. The summed E-state index contributed by atoms with van der Waals surface area (Å²) in [6.45, 7) is 4.81. The van der Waals surface area contributed by atoms with Crippen molar-refractivity contribution in [2.45, 2.75) is 13.3 Å². The summed E-state index contributed by atoms with van der Waals surface area (Å²) in [6.07, 6.45) is 0.837. The molecule has 0 aliphatic carbocycles. The fourth-order valence-corrected chi connectivity index (χ4v) is 4.36. The highest BCUT2D eigenvalue weighted by atomic mass is 16.5. The maximum absolute atomic E-state index is 12.8. The molecule has 0 spiro atoms. The third-order valence-electron chi connectivity index (χ3n) is 6.24. The molecule has 0 saturated carbocycles. The van der Waals surface area contributed by atoms with E-state index in [-0.39, 0.29) is 12.5 Å². The molecule has 1 fully saturated rings. The van der Waals surface area contributed by atoms with Crippen molar-refractivity contribution in [1.29, 1.82) is 0 Å². The van der Waals surface area contributed by atoms with Gasteiger partial charge in [-0.2, -0.15) is 0 Å². The number of fused-ring (bicyclic) bond motifs is 2. The third-order valence-corrected chi connectivity index (χ3v) is 6.24. The molecule has 1 amide bonds. The molecular formula is C28H29N3O4. The van der Waals surface area contributed by atoms with E-state index in [4.69, 9.17) is 19.2 Å². The number of rotatable bonds is 4. The molecule has 35 heavy (non-hydrogen) atoms. The summed E-state index contributed by atoms with van der Waals surface area (Å²) in [4.78, 5) is 22.0. The Labute approximate surface area is 205 Å². The number of amidine groups is 1. The zero-order chi connectivity index (χ0) is 24.2. The number of aryl methyl sites for hydroxylation is 1. The molecule has 180 valence electrons. The molecule has 0 unspecified atom stereocenters.